The summed E-state index contributed by atoms with van der Waals surface area (Å²) in [4.78, 5) is 17.8. The van der Waals surface area contributed by atoms with E-state index in [0.717, 1.165) is 50.6 Å². The highest BCUT2D eigenvalue weighted by molar-refractivity contribution is 5.80. The summed E-state index contributed by atoms with van der Waals surface area (Å²) < 4.78 is 5.68. The van der Waals surface area contributed by atoms with E-state index in [0.29, 0.717) is 18.9 Å². The maximum atomic E-state index is 11.2. The van der Waals surface area contributed by atoms with Crippen LogP contribution in [0.3, 0.4) is 0 Å². The van der Waals surface area contributed by atoms with Crippen molar-refractivity contribution in [1.29, 1.82) is 0 Å². The fraction of sp³-hybridized carbons (Fsp3) is 0.579. The van der Waals surface area contributed by atoms with Gasteiger partial charge >= 0.3 is 0 Å². The minimum Gasteiger partial charge on any atom is -0.494 e. The molecule has 1 unspecified atom stereocenters. The number of carbonyl (C=O) groups is 1. The Morgan fingerprint density at radius 1 is 1.44 bits per heavy atom. The van der Waals surface area contributed by atoms with Crippen LogP contribution in [0.25, 0.3) is 0 Å². The number of carbonyl (C=O) groups excluding carboxylic acids is 1. The molecule has 1 aromatic carbocycles. The molecule has 1 amide bonds. The Balaban J connectivity index is 1.87. The van der Waals surface area contributed by atoms with Crippen molar-refractivity contribution in [1.82, 2.24) is 10.2 Å². The Bertz CT molecular complexity index is 589. The van der Waals surface area contributed by atoms with Gasteiger partial charge in [-0.25, -0.2) is 0 Å². The van der Waals surface area contributed by atoms with E-state index in [1.165, 1.54) is 5.56 Å². The van der Waals surface area contributed by atoms with E-state index in [4.69, 9.17) is 10.5 Å². The molecule has 6 nitrogen and oxygen atoms in total. The van der Waals surface area contributed by atoms with Crippen LogP contribution in [-0.4, -0.2) is 50.1 Å². The van der Waals surface area contributed by atoms with E-state index in [2.05, 4.69) is 21.3 Å². The van der Waals surface area contributed by atoms with E-state index < -0.39 is 0 Å². The van der Waals surface area contributed by atoms with Gasteiger partial charge in [0.2, 0.25) is 5.91 Å². The molecule has 1 aliphatic heterocycles. The van der Waals surface area contributed by atoms with Crippen molar-refractivity contribution < 1.29 is 9.53 Å². The summed E-state index contributed by atoms with van der Waals surface area (Å²) in [6.07, 6.45) is 3.44. The number of likely N-dealkylation sites (tertiary alicyclic amines) is 1. The van der Waals surface area contributed by atoms with Gasteiger partial charge in [0.05, 0.1) is 6.61 Å². The number of para-hydroxylation sites is 1. The first-order valence-corrected chi connectivity index (χ1v) is 9.08. The zero-order chi connectivity index (χ0) is 18.1. The number of nitrogens with two attached hydrogens (primary N) is 1. The molecule has 1 saturated heterocycles. The van der Waals surface area contributed by atoms with Crippen LogP contribution in [0.5, 0.6) is 5.75 Å². The number of ether oxygens (including phenoxy) is 1. The van der Waals surface area contributed by atoms with Crippen LogP contribution in [-0.2, 0) is 11.2 Å². The molecule has 1 aliphatic rings. The summed E-state index contributed by atoms with van der Waals surface area (Å²) in [7, 11) is 1.80. The van der Waals surface area contributed by atoms with Gasteiger partial charge in [0, 0.05) is 33.1 Å². The molecule has 25 heavy (non-hydrogen) atoms. The summed E-state index contributed by atoms with van der Waals surface area (Å²) in [5.74, 6) is 1.94. The zero-order valence-electron chi connectivity index (χ0n) is 15.3. The van der Waals surface area contributed by atoms with Crippen molar-refractivity contribution in [2.75, 3.05) is 33.3 Å². The number of hydrogen-bond acceptors (Lipinski definition) is 3. The number of hydrogen-bond donors (Lipinski definition) is 2. The topological polar surface area (TPSA) is 79.9 Å². The molecule has 0 spiro atoms. The third-order valence-corrected chi connectivity index (χ3v) is 4.47. The molecule has 138 valence electrons. The summed E-state index contributed by atoms with van der Waals surface area (Å²) in [6, 6.07) is 8.13. The maximum absolute atomic E-state index is 11.2. The number of guanidine groups is 1. The van der Waals surface area contributed by atoms with Crippen molar-refractivity contribution in [3.63, 3.8) is 0 Å². The van der Waals surface area contributed by atoms with Gasteiger partial charge in [-0.05, 0) is 43.7 Å². The quantitative estimate of drug-likeness (QED) is 0.583. The third-order valence-electron chi connectivity index (χ3n) is 4.47. The van der Waals surface area contributed by atoms with Crippen LogP contribution >= 0.6 is 0 Å². The second kappa shape index (κ2) is 9.91. The van der Waals surface area contributed by atoms with Gasteiger partial charge in [-0.1, -0.05) is 18.2 Å². The number of nitrogens with zero attached hydrogens (tertiary/aromatic N) is 2. The molecule has 2 rings (SSSR count). The Morgan fingerprint density at radius 3 is 2.96 bits per heavy atom. The van der Waals surface area contributed by atoms with E-state index in [1.807, 2.05) is 25.1 Å². The second-order valence-corrected chi connectivity index (χ2v) is 6.39. The average molecular weight is 346 g/mol. The lowest BCUT2D eigenvalue weighted by molar-refractivity contribution is -0.119. The van der Waals surface area contributed by atoms with Crippen LogP contribution in [0.4, 0.5) is 0 Å². The fourth-order valence-corrected chi connectivity index (χ4v) is 3.36. The number of benzene rings is 1. The molecular formula is C19H30N4O2. The molecule has 0 saturated carbocycles. The SMILES string of the molecule is CCOc1ccccc1CCNC(=NC)N1CCCC(CC(N)=O)C1. The van der Waals surface area contributed by atoms with Gasteiger partial charge in [0.1, 0.15) is 5.75 Å². The molecule has 1 heterocycles. The zero-order valence-corrected chi connectivity index (χ0v) is 15.3. The minimum atomic E-state index is -0.220. The number of primary amides is 1. The van der Waals surface area contributed by atoms with Crippen molar-refractivity contribution in [3.8, 4) is 5.75 Å². The highest BCUT2D eigenvalue weighted by Gasteiger charge is 2.23. The first kappa shape index (κ1) is 19.1. The lowest BCUT2D eigenvalue weighted by Gasteiger charge is -2.34. The summed E-state index contributed by atoms with van der Waals surface area (Å²) >= 11 is 0. The van der Waals surface area contributed by atoms with Gasteiger partial charge in [-0.15, -0.1) is 0 Å². The normalized spacial score (nSPS) is 18.1. The first-order chi connectivity index (χ1) is 12.1. The van der Waals surface area contributed by atoms with Gasteiger partial charge in [-0.2, -0.15) is 0 Å². The molecular weight excluding hydrogens is 316 g/mol. The predicted octanol–water partition coefficient (Wildman–Crippen LogP) is 1.79. The highest BCUT2D eigenvalue weighted by Crippen LogP contribution is 2.20. The molecule has 1 atom stereocenters. The Hall–Kier alpha value is -2.24. The Morgan fingerprint density at radius 2 is 2.24 bits per heavy atom. The number of amides is 1. The molecule has 3 N–H and O–H groups in total. The Kier molecular flexibility index (Phi) is 7.57. The molecule has 1 fully saturated rings. The van der Waals surface area contributed by atoms with E-state index >= 15 is 0 Å². The predicted molar refractivity (Wildman–Crippen MR) is 101 cm³/mol. The molecule has 0 aliphatic carbocycles. The van der Waals surface area contributed by atoms with Crippen molar-refractivity contribution >= 4 is 11.9 Å². The molecule has 0 bridgehead atoms. The fourth-order valence-electron chi connectivity index (χ4n) is 3.36. The summed E-state index contributed by atoms with van der Waals surface area (Å²) in [5, 5.41) is 3.44. The van der Waals surface area contributed by atoms with E-state index in [-0.39, 0.29) is 5.91 Å². The lowest BCUT2D eigenvalue weighted by Crippen LogP contribution is -2.47. The van der Waals surface area contributed by atoms with Crippen LogP contribution in [0.2, 0.25) is 0 Å². The molecule has 1 aromatic rings. The van der Waals surface area contributed by atoms with Gasteiger partial charge in [0.15, 0.2) is 5.96 Å². The number of aliphatic imine (C=N–C) groups is 1. The average Bonchev–Trinajstić information content (AvgIpc) is 2.60. The van der Waals surface area contributed by atoms with Gasteiger partial charge in [0.25, 0.3) is 0 Å². The maximum Gasteiger partial charge on any atom is 0.217 e. The van der Waals surface area contributed by atoms with Crippen LogP contribution in [0, 0.1) is 5.92 Å². The minimum absolute atomic E-state index is 0.220. The number of nitrogens with one attached hydrogen (secondary N) is 1. The molecule has 6 heteroatoms. The lowest BCUT2D eigenvalue weighted by atomic mass is 9.95. The monoisotopic (exact) mass is 346 g/mol. The Labute approximate surface area is 150 Å². The number of piperidine rings is 1. The van der Waals surface area contributed by atoms with E-state index in [1.54, 1.807) is 7.05 Å². The largest absolute Gasteiger partial charge is 0.494 e. The van der Waals surface area contributed by atoms with Crippen molar-refractivity contribution in [2.24, 2.45) is 16.6 Å². The molecule has 0 radical (unpaired) electrons. The van der Waals surface area contributed by atoms with Gasteiger partial charge < -0.3 is 20.7 Å². The number of rotatable bonds is 7. The van der Waals surface area contributed by atoms with Crippen molar-refractivity contribution in [3.05, 3.63) is 29.8 Å². The standard InChI is InChI=1S/C19H30N4O2/c1-3-25-17-9-5-4-8-16(17)10-11-22-19(21-2)23-12-6-7-15(14-23)13-18(20)24/h4-5,8-9,15H,3,6-7,10-14H2,1-2H3,(H2,20,24)(H,21,22). The molecule has 0 aromatic heterocycles. The second-order valence-electron chi connectivity index (χ2n) is 6.39. The highest BCUT2D eigenvalue weighted by atomic mass is 16.5. The van der Waals surface area contributed by atoms with Crippen LogP contribution in [0.15, 0.2) is 29.3 Å². The van der Waals surface area contributed by atoms with Crippen molar-refractivity contribution in [2.45, 2.75) is 32.6 Å². The third kappa shape index (κ3) is 5.96. The van der Waals surface area contributed by atoms with Crippen LogP contribution < -0.4 is 15.8 Å². The summed E-state index contributed by atoms with van der Waals surface area (Å²) in [6.45, 7) is 5.24. The van der Waals surface area contributed by atoms with Crippen LogP contribution in [0.1, 0.15) is 31.7 Å². The van der Waals surface area contributed by atoms with E-state index in [9.17, 15) is 4.79 Å². The summed E-state index contributed by atoms with van der Waals surface area (Å²) in [5.41, 5.74) is 6.54. The van der Waals surface area contributed by atoms with Gasteiger partial charge in [-0.3, -0.25) is 9.79 Å². The first-order valence-electron chi connectivity index (χ1n) is 9.08. The smallest absolute Gasteiger partial charge is 0.217 e.